The van der Waals surface area contributed by atoms with Crippen LogP contribution in [0.5, 0.6) is 0 Å². The summed E-state index contributed by atoms with van der Waals surface area (Å²) < 4.78 is 1.96. The van der Waals surface area contributed by atoms with E-state index in [1.807, 2.05) is 18.5 Å². The second-order valence-electron chi connectivity index (χ2n) is 4.10. The molecule has 1 atom stereocenters. The van der Waals surface area contributed by atoms with E-state index in [-0.39, 0.29) is 0 Å². The van der Waals surface area contributed by atoms with Crippen molar-refractivity contribution in [3.05, 3.63) is 11.6 Å². The molecular formula is C11H22N6. The van der Waals surface area contributed by atoms with Gasteiger partial charge in [0, 0.05) is 20.1 Å². The molecule has 1 rings (SSSR count). The summed E-state index contributed by atoms with van der Waals surface area (Å²) in [5, 5.41) is 14.6. The van der Waals surface area contributed by atoms with Crippen molar-refractivity contribution in [3.63, 3.8) is 0 Å². The Balaban J connectivity index is 2.51. The fraction of sp³-hybridized carbons (Fsp3) is 0.727. The predicted molar refractivity (Wildman–Crippen MR) is 68.8 cm³/mol. The van der Waals surface area contributed by atoms with Gasteiger partial charge in [0.05, 0.1) is 6.54 Å². The van der Waals surface area contributed by atoms with Crippen molar-refractivity contribution in [1.29, 1.82) is 0 Å². The van der Waals surface area contributed by atoms with E-state index in [0.717, 1.165) is 24.0 Å². The summed E-state index contributed by atoms with van der Waals surface area (Å²) in [6.07, 6.45) is 1.06. The number of aryl methyl sites for hydroxylation is 1. The molecule has 0 radical (unpaired) electrons. The smallest absolute Gasteiger partial charge is 0.191 e. The van der Waals surface area contributed by atoms with Crippen LogP contribution in [0.15, 0.2) is 4.99 Å². The van der Waals surface area contributed by atoms with Gasteiger partial charge in [-0.3, -0.25) is 4.99 Å². The third-order valence-electron chi connectivity index (χ3n) is 2.82. The molecule has 0 spiro atoms. The quantitative estimate of drug-likeness (QED) is 0.595. The first-order chi connectivity index (χ1) is 8.08. The van der Waals surface area contributed by atoms with Gasteiger partial charge in [-0.2, -0.15) is 0 Å². The van der Waals surface area contributed by atoms with Gasteiger partial charge >= 0.3 is 0 Å². The van der Waals surface area contributed by atoms with Crippen molar-refractivity contribution in [2.75, 3.05) is 7.05 Å². The first kappa shape index (κ1) is 13.5. The zero-order valence-electron chi connectivity index (χ0n) is 11.3. The molecule has 0 aromatic carbocycles. The number of aromatic nitrogens is 3. The van der Waals surface area contributed by atoms with Crippen LogP contribution in [0.2, 0.25) is 0 Å². The van der Waals surface area contributed by atoms with Crippen molar-refractivity contribution < 1.29 is 0 Å². The highest BCUT2D eigenvalue weighted by atomic mass is 15.3. The van der Waals surface area contributed by atoms with Crippen LogP contribution in [0.4, 0.5) is 0 Å². The second kappa shape index (κ2) is 6.22. The normalized spacial score (nSPS) is 13.6. The number of rotatable bonds is 4. The van der Waals surface area contributed by atoms with E-state index >= 15 is 0 Å². The monoisotopic (exact) mass is 238 g/mol. The summed E-state index contributed by atoms with van der Waals surface area (Å²) in [5.74, 6) is 2.60. The second-order valence-corrected chi connectivity index (χ2v) is 4.10. The van der Waals surface area contributed by atoms with E-state index in [1.54, 1.807) is 7.05 Å². The third kappa shape index (κ3) is 3.72. The van der Waals surface area contributed by atoms with E-state index in [0.29, 0.717) is 12.6 Å². The maximum absolute atomic E-state index is 4.16. The summed E-state index contributed by atoms with van der Waals surface area (Å²) in [5.41, 5.74) is 0. The average Bonchev–Trinajstić information content (AvgIpc) is 2.65. The first-order valence-corrected chi connectivity index (χ1v) is 5.90. The zero-order valence-corrected chi connectivity index (χ0v) is 11.3. The Hall–Kier alpha value is -1.59. The van der Waals surface area contributed by atoms with Gasteiger partial charge < -0.3 is 15.2 Å². The lowest BCUT2D eigenvalue weighted by Gasteiger charge is -2.16. The summed E-state index contributed by atoms with van der Waals surface area (Å²) in [6, 6.07) is 0.405. The van der Waals surface area contributed by atoms with E-state index in [4.69, 9.17) is 0 Å². The Kier molecular flexibility index (Phi) is 4.93. The number of nitrogens with zero attached hydrogens (tertiary/aromatic N) is 4. The fourth-order valence-corrected chi connectivity index (χ4v) is 1.30. The highest BCUT2D eigenvalue weighted by Gasteiger charge is 2.06. The van der Waals surface area contributed by atoms with Crippen LogP contribution < -0.4 is 10.6 Å². The average molecular weight is 238 g/mol. The van der Waals surface area contributed by atoms with E-state index < -0.39 is 0 Å². The van der Waals surface area contributed by atoms with Crippen molar-refractivity contribution in [2.45, 2.75) is 39.8 Å². The molecule has 0 aliphatic heterocycles. The van der Waals surface area contributed by atoms with Gasteiger partial charge in [-0.05, 0) is 20.3 Å². The predicted octanol–water partition coefficient (Wildman–Crippen LogP) is 0.587. The van der Waals surface area contributed by atoms with Gasteiger partial charge in [0.15, 0.2) is 11.8 Å². The highest BCUT2D eigenvalue weighted by molar-refractivity contribution is 5.79. The largest absolute Gasteiger partial charge is 0.354 e. The van der Waals surface area contributed by atoms with Gasteiger partial charge in [-0.25, -0.2) is 0 Å². The number of hydrogen-bond donors (Lipinski definition) is 2. The lowest BCUT2D eigenvalue weighted by Crippen LogP contribution is -2.41. The highest BCUT2D eigenvalue weighted by Crippen LogP contribution is 1.96. The van der Waals surface area contributed by atoms with Crippen molar-refractivity contribution in [1.82, 2.24) is 25.4 Å². The molecule has 0 aliphatic rings. The SMILES string of the molecule is CCC(C)NC(=NC)NCc1nnc(C)n1C. The van der Waals surface area contributed by atoms with Gasteiger partial charge in [0.25, 0.3) is 0 Å². The zero-order chi connectivity index (χ0) is 12.8. The van der Waals surface area contributed by atoms with Crippen LogP contribution in [0.25, 0.3) is 0 Å². The summed E-state index contributed by atoms with van der Waals surface area (Å²) in [7, 11) is 3.72. The molecule has 6 heteroatoms. The van der Waals surface area contributed by atoms with Gasteiger partial charge in [0.2, 0.25) is 0 Å². The molecule has 1 aromatic rings. The molecule has 17 heavy (non-hydrogen) atoms. The van der Waals surface area contributed by atoms with Crippen LogP contribution in [0.3, 0.4) is 0 Å². The Labute approximate surface area is 103 Å². The Morgan fingerprint density at radius 2 is 2.18 bits per heavy atom. The maximum Gasteiger partial charge on any atom is 0.191 e. The van der Waals surface area contributed by atoms with Crippen molar-refractivity contribution >= 4 is 5.96 Å². The van der Waals surface area contributed by atoms with E-state index in [1.165, 1.54) is 0 Å². The van der Waals surface area contributed by atoms with Crippen molar-refractivity contribution in [3.8, 4) is 0 Å². The van der Waals surface area contributed by atoms with Crippen molar-refractivity contribution in [2.24, 2.45) is 12.0 Å². The molecular weight excluding hydrogens is 216 g/mol. The third-order valence-corrected chi connectivity index (χ3v) is 2.82. The minimum Gasteiger partial charge on any atom is -0.354 e. The molecule has 0 saturated heterocycles. The molecule has 0 amide bonds. The van der Waals surface area contributed by atoms with E-state index in [2.05, 4.69) is 39.7 Å². The van der Waals surface area contributed by atoms with E-state index in [9.17, 15) is 0 Å². The summed E-state index contributed by atoms with van der Waals surface area (Å²) >= 11 is 0. The number of aliphatic imine (C=N–C) groups is 1. The van der Waals surface area contributed by atoms with Crippen LogP contribution in [0.1, 0.15) is 31.9 Å². The van der Waals surface area contributed by atoms with Gasteiger partial charge in [0.1, 0.15) is 5.82 Å². The molecule has 6 nitrogen and oxygen atoms in total. The molecule has 0 fully saturated rings. The molecule has 1 heterocycles. The summed E-state index contributed by atoms with van der Waals surface area (Å²) in [4.78, 5) is 4.16. The summed E-state index contributed by atoms with van der Waals surface area (Å²) in [6.45, 7) is 6.81. The standard InChI is InChI=1S/C11H22N6/c1-6-8(2)14-11(12-4)13-7-10-16-15-9(3)17(10)5/h8H,6-7H2,1-5H3,(H2,12,13,14). The van der Waals surface area contributed by atoms with Gasteiger partial charge in [-0.15, -0.1) is 10.2 Å². The lowest BCUT2D eigenvalue weighted by atomic mass is 10.3. The number of hydrogen-bond acceptors (Lipinski definition) is 3. The minimum absolute atomic E-state index is 0.405. The van der Waals surface area contributed by atoms with Gasteiger partial charge in [-0.1, -0.05) is 6.92 Å². The molecule has 0 saturated carbocycles. The molecule has 1 aromatic heterocycles. The lowest BCUT2D eigenvalue weighted by molar-refractivity contribution is 0.618. The molecule has 0 aliphatic carbocycles. The Bertz CT molecular complexity index is 381. The molecule has 2 N–H and O–H groups in total. The molecule has 96 valence electrons. The number of guanidine groups is 1. The minimum atomic E-state index is 0.405. The van der Waals surface area contributed by atoms with Crippen LogP contribution >= 0.6 is 0 Å². The van der Waals surface area contributed by atoms with Crippen LogP contribution in [-0.2, 0) is 13.6 Å². The van der Waals surface area contributed by atoms with Crippen LogP contribution in [-0.4, -0.2) is 33.8 Å². The molecule has 0 bridgehead atoms. The topological polar surface area (TPSA) is 67.1 Å². The maximum atomic E-state index is 4.16. The number of nitrogens with one attached hydrogen (secondary N) is 2. The first-order valence-electron chi connectivity index (χ1n) is 5.90. The Morgan fingerprint density at radius 3 is 2.65 bits per heavy atom. The van der Waals surface area contributed by atoms with Crippen LogP contribution in [0, 0.1) is 6.92 Å². The Morgan fingerprint density at radius 1 is 1.47 bits per heavy atom. The molecule has 1 unspecified atom stereocenters. The fourth-order valence-electron chi connectivity index (χ4n) is 1.30.